The molecule has 0 spiro atoms. The first kappa shape index (κ1) is 24.9. The maximum Gasteiger partial charge on any atom is -0.00159 e. The van der Waals surface area contributed by atoms with E-state index in [2.05, 4.69) is 98.5 Å². The van der Waals surface area contributed by atoms with Crippen molar-refractivity contribution in [3.05, 3.63) is 95.1 Å². The van der Waals surface area contributed by atoms with Crippen LogP contribution < -0.4 is 0 Å². The van der Waals surface area contributed by atoms with E-state index in [1.807, 2.05) is 13.8 Å². The lowest BCUT2D eigenvalue weighted by atomic mass is 9.84. The molecule has 1 heteroatoms. The van der Waals surface area contributed by atoms with Crippen molar-refractivity contribution in [1.29, 1.82) is 0 Å². The summed E-state index contributed by atoms with van der Waals surface area (Å²) < 4.78 is 0. The standard InChI is InChI=1S/C28H35N.C2H6/c1-4-29(5-2)22-12-13-24-18-20-27(21-19-24)28(26-16-10-7-11-17-26)23(3)25-14-8-6-9-15-25;1-2/h6-11,14-18,20H,4-5,12-13,19,21-22H2,1-3H3;1-2H3/b28-23-;. The topological polar surface area (TPSA) is 3.24 Å². The third-order valence-corrected chi connectivity index (χ3v) is 6.07. The number of hydrogen-bond acceptors (Lipinski definition) is 1. The Hall–Kier alpha value is -2.38. The Balaban J connectivity index is 0.00000166. The molecule has 0 saturated heterocycles. The van der Waals surface area contributed by atoms with Gasteiger partial charge in [-0.05, 0) is 80.1 Å². The number of benzene rings is 2. The van der Waals surface area contributed by atoms with Gasteiger partial charge in [0.2, 0.25) is 0 Å². The molecule has 2 aromatic rings. The van der Waals surface area contributed by atoms with Crippen LogP contribution in [-0.4, -0.2) is 24.5 Å². The zero-order valence-electron chi connectivity index (χ0n) is 20.3. The second kappa shape index (κ2) is 13.8. The van der Waals surface area contributed by atoms with Crippen molar-refractivity contribution in [2.45, 2.75) is 60.3 Å². The van der Waals surface area contributed by atoms with E-state index in [1.165, 1.54) is 53.7 Å². The Morgan fingerprint density at radius 1 is 0.774 bits per heavy atom. The summed E-state index contributed by atoms with van der Waals surface area (Å²) in [7, 11) is 0. The van der Waals surface area contributed by atoms with E-state index in [4.69, 9.17) is 0 Å². The number of rotatable bonds is 9. The van der Waals surface area contributed by atoms with Crippen LogP contribution in [0.4, 0.5) is 0 Å². The molecule has 3 rings (SSSR count). The van der Waals surface area contributed by atoms with E-state index in [-0.39, 0.29) is 0 Å². The Bertz CT molecular complexity index is 852. The first-order chi connectivity index (χ1) is 15.2. The molecule has 1 nitrogen and oxygen atoms in total. The van der Waals surface area contributed by atoms with Crippen LogP contribution in [0, 0.1) is 0 Å². The molecule has 0 N–H and O–H groups in total. The predicted octanol–water partition coefficient (Wildman–Crippen LogP) is 8.41. The van der Waals surface area contributed by atoms with E-state index in [0.717, 1.165) is 19.5 Å². The highest BCUT2D eigenvalue weighted by Crippen LogP contribution is 2.37. The fraction of sp³-hybridized carbons (Fsp3) is 0.400. The molecule has 2 aromatic carbocycles. The summed E-state index contributed by atoms with van der Waals surface area (Å²) in [4.78, 5) is 2.52. The summed E-state index contributed by atoms with van der Waals surface area (Å²) >= 11 is 0. The van der Waals surface area contributed by atoms with Crippen molar-refractivity contribution < 1.29 is 0 Å². The SMILES string of the molecule is CC.CCN(CC)CCCC1=CC=C(/C(=C(/C)c2ccccc2)c2ccccc2)CC1. The summed E-state index contributed by atoms with van der Waals surface area (Å²) in [5.74, 6) is 0. The normalized spacial score (nSPS) is 14.3. The molecule has 0 heterocycles. The van der Waals surface area contributed by atoms with Crippen molar-refractivity contribution in [2.24, 2.45) is 0 Å². The van der Waals surface area contributed by atoms with Gasteiger partial charge in [-0.2, -0.15) is 0 Å². The summed E-state index contributed by atoms with van der Waals surface area (Å²) in [5.41, 5.74) is 8.45. The molecular formula is C30H41N. The van der Waals surface area contributed by atoms with E-state index in [1.54, 1.807) is 5.57 Å². The van der Waals surface area contributed by atoms with Gasteiger partial charge in [0.05, 0.1) is 0 Å². The Labute approximate surface area is 191 Å². The molecule has 0 atom stereocenters. The molecule has 0 aliphatic heterocycles. The average molecular weight is 416 g/mol. The van der Waals surface area contributed by atoms with Gasteiger partial charge in [-0.25, -0.2) is 0 Å². The van der Waals surface area contributed by atoms with Crippen molar-refractivity contribution in [3.8, 4) is 0 Å². The smallest absolute Gasteiger partial charge is 0.00159 e. The number of nitrogens with zero attached hydrogens (tertiary/aromatic N) is 1. The van der Waals surface area contributed by atoms with Crippen LogP contribution in [0.1, 0.15) is 71.4 Å². The first-order valence-electron chi connectivity index (χ1n) is 12.2. The second-order valence-electron chi connectivity index (χ2n) is 7.88. The largest absolute Gasteiger partial charge is 0.304 e. The minimum Gasteiger partial charge on any atom is -0.304 e. The third-order valence-electron chi connectivity index (χ3n) is 6.07. The van der Waals surface area contributed by atoms with Crippen molar-refractivity contribution in [2.75, 3.05) is 19.6 Å². The molecule has 0 amide bonds. The van der Waals surface area contributed by atoms with Gasteiger partial charge in [0.1, 0.15) is 0 Å². The lowest BCUT2D eigenvalue weighted by Gasteiger charge is -2.22. The summed E-state index contributed by atoms with van der Waals surface area (Å²) in [5, 5.41) is 0. The quantitative estimate of drug-likeness (QED) is 0.371. The zero-order chi connectivity index (χ0) is 22.5. The highest BCUT2D eigenvalue weighted by molar-refractivity contribution is 5.97. The zero-order valence-corrected chi connectivity index (χ0v) is 20.3. The van der Waals surface area contributed by atoms with Gasteiger partial charge < -0.3 is 4.90 Å². The van der Waals surface area contributed by atoms with Crippen molar-refractivity contribution in [3.63, 3.8) is 0 Å². The highest BCUT2D eigenvalue weighted by atomic mass is 15.1. The molecule has 0 aromatic heterocycles. The lowest BCUT2D eigenvalue weighted by molar-refractivity contribution is 0.299. The number of allylic oxidation sites excluding steroid dienone is 6. The Morgan fingerprint density at radius 2 is 1.35 bits per heavy atom. The van der Waals surface area contributed by atoms with Gasteiger partial charge >= 0.3 is 0 Å². The lowest BCUT2D eigenvalue weighted by Crippen LogP contribution is -2.24. The van der Waals surface area contributed by atoms with Crippen LogP contribution in [0.2, 0.25) is 0 Å². The van der Waals surface area contributed by atoms with Crippen LogP contribution in [-0.2, 0) is 0 Å². The van der Waals surface area contributed by atoms with Crippen LogP contribution in [0.3, 0.4) is 0 Å². The second-order valence-corrected chi connectivity index (χ2v) is 7.88. The van der Waals surface area contributed by atoms with Gasteiger partial charge in [-0.3, -0.25) is 0 Å². The molecule has 166 valence electrons. The minimum absolute atomic E-state index is 1.13. The molecule has 1 aliphatic carbocycles. The Kier molecular flexibility index (Phi) is 11.1. The fourth-order valence-electron chi connectivity index (χ4n) is 4.25. The van der Waals surface area contributed by atoms with Crippen molar-refractivity contribution in [1.82, 2.24) is 4.90 Å². The minimum atomic E-state index is 1.13. The molecule has 0 fully saturated rings. The molecule has 0 bridgehead atoms. The van der Waals surface area contributed by atoms with Gasteiger partial charge in [-0.1, -0.05) is 106 Å². The highest BCUT2D eigenvalue weighted by Gasteiger charge is 2.16. The first-order valence-corrected chi connectivity index (χ1v) is 12.2. The Morgan fingerprint density at radius 3 is 1.87 bits per heavy atom. The molecule has 31 heavy (non-hydrogen) atoms. The van der Waals surface area contributed by atoms with Gasteiger partial charge in [0.15, 0.2) is 0 Å². The average Bonchev–Trinajstić information content (AvgIpc) is 2.85. The molecule has 0 unspecified atom stereocenters. The molecule has 0 radical (unpaired) electrons. The van der Waals surface area contributed by atoms with E-state index >= 15 is 0 Å². The molecular weight excluding hydrogens is 374 g/mol. The summed E-state index contributed by atoms with van der Waals surface area (Å²) in [6.45, 7) is 14.3. The van der Waals surface area contributed by atoms with Crippen LogP contribution in [0.5, 0.6) is 0 Å². The maximum atomic E-state index is 2.52. The van der Waals surface area contributed by atoms with Gasteiger partial charge in [0.25, 0.3) is 0 Å². The third kappa shape index (κ3) is 7.36. The van der Waals surface area contributed by atoms with Crippen LogP contribution in [0.25, 0.3) is 11.1 Å². The monoisotopic (exact) mass is 415 g/mol. The van der Waals surface area contributed by atoms with E-state index in [9.17, 15) is 0 Å². The van der Waals surface area contributed by atoms with Gasteiger partial charge in [0, 0.05) is 0 Å². The summed E-state index contributed by atoms with van der Waals surface area (Å²) in [6, 6.07) is 21.7. The number of hydrogen-bond donors (Lipinski definition) is 0. The maximum absolute atomic E-state index is 2.52. The summed E-state index contributed by atoms with van der Waals surface area (Å²) in [6.07, 6.45) is 9.57. The van der Waals surface area contributed by atoms with Crippen LogP contribution in [0.15, 0.2) is 84.0 Å². The van der Waals surface area contributed by atoms with E-state index < -0.39 is 0 Å². The molecule has 0 saturated carbocycles. The van der Waals surface area contributed by atoms with Crippen molar-refractivity contribution >= 4 is 11.1 Å². The van der Waals surface area contributed by atoms with E-state index in [0.29, 0.717) is 0 Å². The fourth-order valence-corrected chi connectivity index (χ4v) is 4.25. The predicted molar refractivity (Wildman–Crippen MR) is 139 cm³/mol. The molecule has 1 aliphatic rings. The van der Waals surface area contributed by atoms with Crippen LogP contribution >= 0.6 is 0 Å². The van der Waals surface area contributed by atoms with Gasteiger partial charge in [-0.15, -0.1) is 0 Å².